The average Bonchev–Trinajstić information content (AvgIpc) is 2.25. The molecule has 1 N–H and O–H groups in total. The number of rotatable bonds is 6. The van der Waals surface area contributed by atoms with E-state index in [2.05, 4.69) is 41.4 Å². The topological polar surface area (TPSA) is 28.2 Å². The second kappa shape index (κ2) is 6.53. The van der Waals surface area contributed by atoms with Gasteiger partial charge in [0.15, 0.2) is 0 Å². The maximum Gasteiger partial charge on any atom is 0.0575 e. The van der Waals surface area contributed by atoms with Crippen LogP contribution in [0.5, 0.6) is 0 Å². The molecule has 1 aromatic heterocycles. The number of nitrogens with one attached hydrogen (secondary N) is 1. The molecule has 0 aliphatic heterocycles. The van der Waals surface area contributed by atoms with E-state index < -0.39 is 0 Å². The Morgan fingerprint density at radius 2 is 2.20 bits per heavy atom. The molecule has 0 bridgehead atoms. The molecule has 0 aliphatic carbocycles. The van der Waals surface area contributed by atoms with E-state index in [1.54, 1.807) is 0 Å². The van der Waals surface area contributed by atoms with E-state index in [-0.39, 0.29) is 0 Å². The largest absolute Gasteiger partial charge is 0.320 e. The van der Waals surface area contributed by atoms with Crippen LogP contribution in [0.15, 0.2) is 24.4 Å². The minimum atomic E-state index is 0.430. The summed E-state index contributed by atoms with van der Waals surface area (Å²) in [4.78, 5) is 6.65. The van der Waals surface area contributed by atoms with Crippen molar-refractivity contribution in [3.63, 3.8) is 0 Å². The monoisotopic (exact) mass is 207 g/mol. The maximum absolute atomic E-state index is 4.42. The summed E-state index contributed by atoms with van der Waals surface area (Å²) >= 11 is 0. The van der Waals surface area contributed by atoms with Crippen molar-refractivity contribution in [2.24, 2.45) is 0 Å². The Morgan fingerprint density at radius 3 is 2.73 bits per heavy atom. The van der Waals surface area contributed by atoms with Crippen molar-refractivity contribution < 1.29 is 0 Å². The highest BCUT2D eigenvalue weighted by Gasteiger charge is 2.13. The molecule has 84 valence electrons. The first-order chi connectivity index (χ1) is 7.25. The van der Waals surface area contributed by atoms with Crippen LogP contribution in [0.25, 0.3) is 0 Å². The van der Waals surface area contributed by atoms with E-state index >= 15 is 0 Å². The molecule has 3 heteroatoms. The molecule has 0 aliphatic rings. The van der Waals surface area contributed by atoms with Crippen LogP contribution in [0.3, 0.4) is 0 Å². The molecular weight excluding hydrogens is 186 g/mol. The first kappa shape index (κ1) is 12.1. The van der Waals surface area contributed by atoms with Gasteiger partial charge in [0, 0.05) is 6.20 Å². The zero-order valence-corrected chi connectivity index (χ0v) is 9.90. The van der Waals surface area contributed by atoms with Crippen LogP contribution in [0, 0.1) is 0 Å². The molecule has 0 saturated carbocycles. The molecule has 0 aromatic carbocycles. The lowest BCUT2D eigenvalue weighted by molar-refractivity contribution is 0.273. The molecule has 3 nitrogen and oxygen atoms in total. The summed E-state index contributed by atoms with van der Waals surface area (Å²) in [5.74, 6) is 0. The Kier molecular flexibility index (Phi) is 5.29. The molecule has 0 radical (unpaired) electrons. The smallest absolute Gasteiger partial charge is 0.0575 e. The highest BCUT2D eigenvalue weighted by atomic mass is 15.1. The van der Waals surface area contributed by atoms with Gasteiger partial charge in [-0.15, -0.1) is 0 Å². The number of pyridine rings is 1. The van der Waals surface area contributed by atoms with Crippen LogP contribution in [0.2, 0.25) is 0 Å². The summed E-state index contributed by atoms with van der Waals surface area (Å²) in [5.41, 5.74) is 1.17. The van der Waals surface area contributed by atoms with E-state index in [0.717, 1.165) is 13.0 Å². The highest BCUT2D eigenvalue weighted by Crippen LogP contribution is 2.20. The second-order valence-corrected chi connectivity index (χ2v) is 3.98. The van der Waals surface area contributed by atoms with Crippen LogP contribution >= 0.6 is 0 Å². The van der Waals surface area contributed by atoms with Crippen LogP contribution in [-0.2, 0) is 0 Å². The van der Waals surface area contributed by atoms with Crippen molar-refractivity contribution in [3.8, 4) is 0 Å². The molecule has 0 fully saturated rings. The Bertz CT molecular complexity index is 259. The molecule has 0 saturated heterocycles. The van der Waals surface area contributed by atoms with Crippen LogP contribution in [-0.4, -0.2) is 37.6 Å². The van der Waals surface area contributed by atoms with Crippen LogP contribution in [0.4, 0.5) is 0 Å². The van der Waals surface area contributed by atoms with Gasteiger partial charge in [0.2, 0.25) is 0 Å². The number of nitrogens with zero attached hydrogens (tertiary/aromatic N) is 2. The first-order valence-corrected chi connectivity index (χ1v) is 5.47. The minimum absolute atomic E-state index is 0.430. The van der Waals surface area contributed by atoms with Gasteiger partial charge in [-0.05, 0) is 52.7 Å². The van der Waals surface area contributed by atoms with Gasteiger partial charge in [-0.2, -0.15) is 0 Å². The van der Waals surface area contributed by atoms with Gasteiger partial charge in [0.1, 0.15) is 0 Å². The lowest BCUT2D eigenvalue weighted by atomic mass is 10.1. The number of hydrogen-bond donors (Lipinski definition) is 1. The Morgan fingerprint density at radius 1 is 1.40 bits per heavy atom. The van der Waals surface area contributed by atoms with Crippen molar-refractivity contribution in [1.82, 2.24) is 15.2 Å². The van der Waals surface area contributed by atoms with Crippen LogP contribution in [0.1, 0.15) is 24.6 Å². The molecule has 15 heavy (non-hydrogen) atoms. The summed E-state index contributed by atoms with van der Waals surface area (Å²) in [6.45, 7) is 1.07. The molecule has 0 spiro atoms. The van der Waals surface area contributed by atoms with Gasteiger partial charge in [0.25, 0.3) is 0 Å². The fourth-order valence-electron chi connectivity index (χ4n) is 1.72. The maximum atomic E-state index is 4.42. The summed E-state index contributed by atoms with van der Waals surface area (Å²) in [6, 6.07) is 6.55. The molecule has 1 heterocycles. The summed E-state index contributed by atoms with van der Waals surface area (Å²) in [6.07, 6.45) is 4.19. The van der Waals surface area contributed by atoms with Gasteiger partial charge in [-0.3, -0.25) is 4.98 Å². The first-order valence-electron chi connectivity index (χ1n) is 5.47. The minimum Gasteiger partial charge on any atom is -0.320 e. The normalized spacial score (nSPS) is 13.1. The van der Waals surface area contributed by atoms with Gasteiger partial charge < -0.3 is 10.2 Å². The van der Waals surface area contributed by atoms with Gasteiger partial charge in [-0.1, -0.05) is 6.07 Å². The van der Waals surface area contributed by atoms with Crippen molar-refractivity contribution in [2.75, 3.05) is 27.7 Å². The third-order valence-electron chi connectivity index (χ3n) is 2.56. The molecular formula is C12H21N3. The Balaban J connectivity index is 2.58. The fourth-order valence-corrected chi connectivity index (χ4v) is 1.72. The number of aromatic nitrogens is 1. The zero-order chi connectivity index (χ0) is 11.1. The van der Waals surface area contributed by atoms with Gasteiger partial charge >= 0.3 is 0 Å². The van der Waals surface area contributed by atoms with Crippen molar-refractivity contribution >= 4 is 0 Å². The Hall–Kier alpha value is -0.930. The van der Waals surface area contributed by atoms with E-state index in [0.29, 0.717) is 6.04 Å². The second-order valence-electron chi connectivity index (χ2n) is 3.98. The summed E-state index contributed by atoms with van der Waals surface area (Å²) < 4.78 is 0. The molecule has 1 aromatic rings. The predicted molar refractivity (Wildman–Crippen MR) is 63.8 cm³/mol. The third-order valence-corrected chi connectivity index (χ3v) is 2.56. The van der Waals surface area contributed by atoms with Crippen molar-refractivity contribution in [3.05, 3.63) is 30.1 Å². The lowest BCUT2D eigenvalue weighted by Gasteiger charge is -2.23. The van der Waals surface area contributed by atoms with Crippen molar-refractivity contribution in [1.29, 1.82) is 0 Å². The standard InChI is InChI=1S/C12H21N3/c1-13-9-6-8-12(15(2)3)11-7-4-5-10-14-11/h4-5,7,10,12-13H,6,8-9H2,1-3H3. The van der Waals surface area contributed by atoms with E-state index in [4.69, 9.17) is 0 Å². The SMILES string of the molecule is CNCCCC(c1ccccn1)N(C)C. The zero-order valence-electron chi connectivity index (χ0n) is 9.90. The fraction of sp³-hybridized carbons (Fsp3) is 0.583. The molecule has 1 rings (SSSR count). The average molecular weight is 207 g/mol. The number of hydrogen-bond acceptors (Lipinski definition) is 3. The quantitative estimate of drug-likeness (QED) is 0.719. The van der Waals surface area contributed by atoms with Gasteiger partial charge in [0.05, 0.1) is 11.7 Å². The van der Waals surface area contributed by atoms with Crippen molar-refractivity contribution in [2.45, 2.75) is 18.9 Å². The van der Waals surface area contributed by atoms with E-state index in [1.807, 2.05) is 19.3 Å². The molecule has 1 atom stereocenters. The van der Waals surface area contributed by atoms with Gasteiger partial charge in [-0.25, -0.2) is 0 Å². The molecule has 1 unspecified atom stereocenters. The van der Waals surface area contributed by atoms with E-state index in [1.165, 1.54) is 12.1 Å². The third kappa shape index (κ3) is 3.98. The van der Waals surface area contributed by atoms with Crippen LogP contribution < -0.4 is 5.32 Å². The summed E-state index contributed by atoms with van der Waals surface area (Å²) in [7, 11) is 6.21. The van der Waals surface area contributed by atoms with E-state index in [9.17, 15) is 0 Å². The predicted octanol–water partition coefficient (Wildman–Crippen LogP) is 1.68. The highest BCUT2D eigenvalue weighted by molar-refractivity contribution is 5.08. The lowest BCUT2D eigenvalue weighted by Crippen LogP contribution is -2.22. The Labute approximate surface area is 92.5 Å². The summed E-state index contributed by atoms with van der Waals surface area (Å²) in [5, 5.41) is 3.17. The molecule has 0 amide bonds.